The van der Waals surface area contributed by atoms with Gasteiger partial charge in [-0.3, -0.25) is 62.3 Å². The Bertz CT molecular complexity index is 3480. The Morgan fingerprint density at radius 1 is 0.534 bits per heavy atom. The van der Waals surface area contributed by atoms with E-state index in [9.17, 15) is 63.9 Å². The molecule has 12 amide bonds. The summed E-state index contributed by atoms with van der Waals surface area (Å²) in [5.41, 5.74) is 6.74. The van der Waals surface area contributed by atoms with Crippen molar-refractivity contribution in [3.63, 3.8) is 0 Å². The lowest BCUT2D eigenvalue weighted by Gasteiger charge is -2.34. The number of aliphatic hydroxyl groups excluding tert-OH is 4. The molecule has 4 heterocycles. The van der Waals surface area contributed by atoms with Gasteiger partial charge in [0.15, 0.2) is 0 Å². The molecule has 0 spiro atoms. The third kappa shape index (κ3) is 29.6. The van der Waals surface area contributed by atoms with Crippen molar-refractivity contribution in [2.24, 2.45) is 40.7 Å². The van der Waals surface area contributed by atoms with Crippen molar-refractivity contribution in [2.75, 3.05) is 37.8 Å². The molecule has 3 aliphatic carbocycles. The van der Waals surface area contributed by atoms with E-state index in [-0.39, 0.29) is 80.5 Å². The number of thioether (sulfide) groups is 2. The number of nitrogens with one attached hydrogen (secondary N) is 15. The molecular weight excluding hydrogens is 1540 g/mol. The maximum Gasteiger partial charge on any atom is 0.303 e. The first kappa shape index (κ1) is 94.2. The Morgan fingerprint density at radius 3 is 1.59 bits per heavy atom. The minimum Gasteiger partial charge on any atom is -0.481 e. The zero-order valence-corrected chi connectivity index (χ0v) is 69.7. The Morgan fingerprint density at radius 2 is 1.04 bits per heavy atom. The predicted octanol–water partition coefficient (Wildman–Crippen LogP) is -0.846. The second-order valence-corrected chi connectivity index (χ2v) is 36.3. The van der Waals surface area contributed by atoms with Crippen LogP contribution in [0.1, 0.15) is 207 Å². The smallest absolute Gasteiger partial charge is 0.303 e. The molecule has 3 saturated carbocycles. The molecule has 8 rings (SSSR count). The van der Waals surface area contributed by atoms with Crippen LogP contribution in [-0.4, -0.2) is 243 Å². The number of carboxylic acids is 1. The van der Waals surface area contributed by atoms with E-state index in [1.807, 2.05) is 24.3 Å². The normalized spacial score (nSPS) is 32.9. The average molecular weight is 1670 g/mol. The number of rotatable bonds is 17. The fourth-order valence-electron chi connectivity index (χ4n) is 16.9. The quantitative estimate of drug-likeness (QED) is 0.0904. The third-order valence-electron chi connectivity index (χ3n) is 23.7. The van der Waals surface area contributed by atoms with E-state index in [0.717, 1.165) is 36.9 Å². The van der Waals surface area contributed by atoms with Crippen LogP contribution in [0.5, 0.6) is 0 Å². The van der Waals surface area contributed by atoms with Crippen molar-refractivity contribution in [3.05, 3.63) is 35.4 Å². The van der Waals surface area contributed by atoms with E-state index in [1.54, 1.807) is 27.7 Å². The standard InChI is InChI=1S/C80H130N16O18S2/c1-7-13-55-70(105)87-56(27-28-63(102)103)71(106)88-58(34-46-21-25-53(100)26-22-46)74(109)96-66(49-16-9-8-10-17-49)78(113)95-65(44(3)98)77(112)92-61(68(81)104)41-116-40-48-15-11-14-47(32-48)39-115-31-29-62(101)93-67(80(4,5)6)79(114)91-57(33-45-19-23-52(99)24-20-45)72(107)89-60(36-51-38-82-42-85-51)75(110)94-64(43(2)97)76(111)90-59(73(108)86-55)35-50-37-84-69-54(50)18-12-30-83-69/h11,14-15,32,43-46,49-61,64-67,69,82-85,97-100H,7-10,12-13,16-31,33-42H2,1-6H3,(H2,81,104)(H,86,108)(H,87,105)(H,88,106)(H,89,107)(H,90,111)(H,91,114)(H,92,112)(H,93,101)(H,94,110)(H,95,113)(H,96,109)(H,102,103)/t43-,44-,45?,46?,50?,51?,52?,53?,54?,55+,56+,57+,58+,59+,60+,61-,64+,65+,66+,67-,69?/m1/s1. The molecule has 36 heteroatoms. The first-order valence-corrected chi connectivity index (χ1v) is 44.2. The van der Waals surface area contributed by atoms with E-state index < -0.39 is 198 Å². The van der Waals surface area contributed by atoms with Gasteiger partial charge in [0, 0.05) is 55.1 Å². The number of piperidine rings is 1. The number of aliphatic hydroxyl groups is 4. The molecule has 6 fully saturated rings. The SMILES string of the molecule is CCC[C@@H]1NC(=O)[C@H](CC2CNC3NCCCC23)NC(=O)[C@H]([C@@H](C)O)NC(=O)[C@H](CC2CNCN2)NC(=O)[C@H](CC2CCC(O)CC2)NC(=O)[C@H](C(C)(C)C)NC(=O)CCSCc2cccc(c2)CSC[C@H](C(N)=O)NC(=O)[C@H]([C@@H](C)O)NC(=O)[C@H](C2CCCCC2)NC(=O)[C@H](CC2CCC(O)CC2)NC(=O)[C@H](CCC(=O)O)NC1=O. The van der Waals surface area contributed by atoms with Crippen molar-refractivity contribution in [2.45, 2.75) is 310 Å². The number of primary amides is 1. The Labute approximate surface area is 688 Å². The van der Waals surface area contributed by atoms with Crippen LogP contribution < -0.4 is 85.5 Å². The summed E-state index contributed by atoms with van der Waals surface area (Å²) in [6, 6.07) is -8.81. The van der Waals surface area contributed by atoms with Crippen LogP contribution in [0.25, 0.3) is 0 Å². The van der Waals surface area contributed by atoms with Gasteiger partial charge in [0.25, 0.3) is 0 Å². The van der Waals surface area contributed by atoms with Gasteiger partial charge in [-0.25, -0.2) is 0 Å². The minimum atomic E-state index is -1.78. The maximum atomic E-state index is 15.2. The van der Waals surface area contributed by atoms with Gasteiger partial charge in [0.1, 0.15) is 66.5 Å². The molecule has 3 saturated heterocycles. The van der Waals surface area contributed by atoms with Crippen LogP contribution in [-0.2, 0) is 73.8 Å². The number of hydrogen-bond donors (Lipinski definition) is 21. The van der Waals surface area contributed by atoms with Crippen molar-refractivity contribution in [3.8, 4) is 0 Å². The summed E-state index contributed by atoms with van der Waals surface area (Å²) < 4.78 is 0. The fourth-order valence-corrected chi connectivity index (χ4v) is 18.8. The number of carbonyl (C=O) groups excluding carboxylic acids is 12. The number of fused-ring (bicyclic) bond motifs is 3. The third-order valence-corrected chi connectivity index (χ3v) is 25.8. The van der Waals surface area contributed by atoms with Crippen molar-refractivity contribution in [1.82, 2.24) is 79.8 Å². The molecule has 116 heavy (non-hydrogen) atoms. The van der Waals surface area contributed by atoms with Gasteiger partial charge in [0.2, 0.25) is 70.9 Å². The number of carboxylic acid groups (broad SMARTS) is 1. The maximum absolute atomic E-state index is 15.2. The van der Waals surface area contributed by atoms with Crippen LogP contribution in [0.4, 0.5) is 0 Å². The molecule has 17 atom stereocenters. The first-order chi connectivity index (χ1) is 55.2. The fraction of sp³-hybridized carbons (Fsp3) is 0.762. The Balaban J connectivity index is 1.12. The van der Waals surface area contributed by atoms with E-state index in [4.69, 9.17) is 5.73 Å². The average Bonchev–Trinajstić information content (AvgIpc) is 1.60. The molecule has 650 valence electrons. The van der Waals surface area contributed by atoms with Gasteiger partial charge in [-0.2, -0.15) is 23.5 Å². The molecule has 4 aliphatic heterocycles. The molecule has 4 unspecified atom stereocenters. The lowest BCUT2D eigenvalue weighted by atomic mass is 9.82. The Hall–Kier alpha value is -7.29. The molecule has 7 aliphatic rings. The van der Waals surface area contributed by atoms with E-state index in [1.165, 1.54) is 37.4 Å². The van der Waals surface area contributed by atoms with Gasteiger partial charge in [0.05, 0.1) is 30.6 Å². The summed E-state index contributed by atoms with van der Waals surface area (Å²) in [5.74, 6) is -11.5. The molecule has 1 aromatic rings. The van der Waals surface area contributed by atoms with Gasteiger partial charge < -0.3 is 111 Å². The molecule has 0 aromatic heterocycles. The summed E-state index contributed by atoms with van der Waals surface area (Å²) in [5, 5.41) is 97.6. The highest BCUT2D eigenvalue weighted by molar-refractivity contribution is 7.98. The van der Waals surface area contributed by atoms with Crippen molar-refractivity contribution < 1.29 is 87.9 Å². The first-order valence-electron chi connectivity index (χ1n) is 41.9. The van der Waals surface area contributed by atoms with Gasteiger partial charge >= 0.3 is 5.97 Å². The monoisotopic (exact) mass is 1670 g/mol. The topological polar surface area (TPSA) is 530 Å². The number of amides is 12. The van der Waals surface area contributed by atoms with Gasteiger partial charge in [-0.1, -0.05) is 77.6 Å². The second kappa shape index (κ2) is 46.3. The summed E-state index contributed by atoms with van der Waals surface area (Å²) in [4.78, 5) is 189. The predicted molar refractivity (Wildman–Crippen MR) is 435 cm³/mol. The highest BCUT2D eigenvalue weighted by Gasteiger charge is 2.45. The number of carbonyl (C=O) groups is 13. The Kier molecular flexibility index (Phi) is 37.6. The number of hydrogen-bond acceptors (Lipinski definition) is 23. The van der Waals surface area contributed by atoms with Crippen LogP contribution in [0.2, 0.25) is 0 Å². The van der Waals surface area contributed by atoms with Crippen molar-refractivity contribution >= 4 is 100 Å². The number of nitrogens with two attached hydrogens (primary N) is 1. The summed E-state index contributed by atoms with van der Waals surface area (Å²) >= 11 is 2.75. The summed E-state index contributed by atoms with van der Waals surface area (Å²) in [7, 11) is 0. The van der Waals surface area contributed by atoms with Gasteiger partial charge in [-0.05, 0) is 189 Å². The largest absolute Gasteiger partial charge is 0.481 e. The lowest BCUT2D eigenvalue weighted by Crippen LogP contribution is -2.63. The number of aliphatic carboxylic acids is 1. The van der Waals surface area contributed by atoms with Crippen LogP contribution >= 0.6 is 23.5 Å². The summed E-state index contributed by atoms with van der Waals surface area (Å²) in [6.45, 7) is 11.4. The molecule has 22 N–H and O–H groups in total. The molecule has 34 nitrogen and oxygen atoms in total. The zero-order chi connectivity index (χ0) is 84.3. The number of benzene rings is 1. The second-order valence-electron chi connectivity index (χ2n) is 34.1. The van der Waals surface area contributed by atoms with Crippen LogP contribution in [0.3, 0.4) is 0 Å². The summed E-state index contributed by atoms with van der Waals surface area (Å²) in [6.07, 6.45) is 2.80. The zero-order valence-electron chi connectivity index (χ0n) is 68.1. The van der Waals surface area contributed by atoms with Crippen molar-refractivity contribution in [1.29, 1.82) is 0 Å². The minimum absolute atomic E-state index is 0.00910. The molecule has 2 bridgehead atoms. The van der Waals surface area contributed by atoms with Gasteiger partial charge in [-0.15, -0.1) is 0 Å². The molecular formula is C80H130N16O18S2. The highest BCUT2D eigenvalue weighted by atomic mass is 32.2. The van der Waals surface area contributed by atoms with E-state index in [0.29, 0.717) is 114 Å². The van der Waals surface area contributed by atoms with Crippen LogP contribution in [0, 0.1) is 35.0 Å². The molecule has 1 aromatic carbocycles. The van der Waals surface area contributed by atoms with E-state index >= 15 is 24.0 Å². The van der Waals surface area contributed by atoms with Crippen LogP contribution in [0.15, 0.2) is 24.3 Å². The molecule has 0 radical (unpaired) electrons. The van der Waals surface area contributed by atoms with E-state index in [2.05, 4.69) is 79.8 Å². The highest BCUT2D eigenvalue weighted by Crippen LogP contribution is 2.34. The lowest BCUT2D eigenvalue weighted by molar-refractivity contribution is -0.139.